The summed E-state index contributed by atoms with van der Waals surface area (Å²) in [4.78, 5) is 7.03. The average Bonchev–Trinajstić information content (AvgIpc) is 2.86. The molecule has 1 N–H and O–H groups in total. The van der Waals surface area contributed by atoms with Crippen molar-refractivity contribution in [3.63, 3.8) is 0 Å². The fourth-order valence-corrected chi connectivity index (χ4v) is 4.07. The van der Waals surface area contributed by atoms with Crippen LogP contribution in [0.15, 0.2) is 29.4 Å². The summed E-state index contributed by atoms with van der Waals surface area (Å²) >= 11 is 4.85. The minimum atomic E-state index is 0. The molecule has 2 aromatic rings. The van der Waals surface area contributed by atoms with E-state index in [1.54, 1.807) is 12.3 Å². The molecule has 0 spiro atoms. The van der Waals surface area contributed by atoms with E-state index in [-0.39, 0.29) is 29.0 Å². The van der Waals surface area contributed by atoms with E-state index >= 15 is 0 Å². The van der Waals surface area contributed by atoms with Gasteiger partial charge in [-0.25, -0.2) is 0 Å². The van der Waals surface area contributed by atoms with E-state index in [4.69, 9.17) is 12.6 Å². The van der Waals surface area contributed by atoms with Crippen LogP contribution in [0, 0.1) is 0 Å². The van der Waals surface area contributed by atoms with Gasteiger partial charge in [-0.1, -0.05) is 12.1 Å². The maximum absolute atomic E-state index is 4.85. The molecule has 2 heterocycles. The zero-order valence-electron chi connectivity index (χ0n) is 9.90. The second-order valence-corrected chi connectivity index (χ2v) is 7.52. The summed E-state index contributed by atoms with van der Waals surface area (Å²) < 4.78 is 0. The molecule has 1 fully saturated rings. The van der Waals surface area contributed by atoms with Gasteiger partial charge in [-0.3, -0.25) is 4.98 Å². The van der Waals surface area contributed by atoms with Gasteiger partial charge in [0.1, 0.15) is 0 Å². The summed E-state index contributed by atoms with van der Waals surface area (Å²) in [6.07, 6.45) is 6.24. The first kappa shape index (κ1) is 15.1. The predicted octanol–water partition coefficient (Wildman–Crippen LogP) is 3.09. The molecule has 0 saturated carbocycles. The van der Waals surface area contributed by atoms with Crippen LogP contribution in [-0.4, -0.2) is 29.0 Å². The van der Waals surface area contributed by atoms with Gasteiger partial charge in [-0.2, -0.15) is 0 Å². The molecule has 17 heavy (non-hydrogen) atoms. The summed E-state index contributed by atoms with van der Waals surface area (Å²) in [5.41, 5.74) is 1.94. The van der Waals surface area contributed by atoms with Gasteiger partial charge in [-0.15, -0.1) is 0 Å². The number of aromatic nitrogens is 2. The Morgan fingerprint density at radius 3 is 2.41 bits per heavy atom. The number of H-pyrrole nitrogens is 1. The summed E-state index contributed by atoms with van der Waals surface area (Å²) in [6.45, 7) is 2.44. The Hall–Kier alpha value is 0.0283. The SMILES string of the molecule is C[PH+]1CCCC1.[S-]c1nc2ccccc2[nH]1.[W]. The molecule has 0 radical (unpaired) electrons. The molecule has 0 amide bonds. The quantitative estimate of drug-likeness (QED) is 0.508. The topological polar surface area (TPSA) is 28.7 Å². The molecule has 1 aromatic heterocycles. The van der Waals surface area contributed by atoms with Crippen LogP contribution in [0.5, 0.6) is 0 Å². The van der Waals surface area contributed by atoms with Crippen molar-refractivity contribution in [2.24, 2.45) is 0 Å². The predicted molar refractivity (Wildman–Crippen MR) is 74.9 cm³/mol. The first-order chi connectivity index (χ1) is 7.75. The molecular weight excluding hydrogens is 419 g/mol. The van der Waals surface area contributed by atoms with Crippen LogP contribution in [0.4, 0.5) is 0 Å². The summed E-state index contributed by atoms with van der Waals surface area (Å²) in [7, 11) is 0.243. The standard InChI is InChI=1S/C7H6N2S.C5H11P.W/c10-7-8-5-3-1-2-4-6(5)9-7;1-6-4-2-3-5-6;/h1-4H,(H2,8,9,10);2-5H2,1H3;. The van der Waals surface area contributed by atoms with Crippen molar-refractivity contribution in [1.82, 2.24) is 9.97 Å². The second-order valence-electron chi connectivity index (χ2n) is 4.22. The number of fused-ring (bicyclic) bond motifs is 1. The Morgan fingerprint density at radius 1 is 1.24 bits per heavy atom. The fourth-order valence-electron chi connectivity index (χ4n) is 1.91. The van der Waals surface area contributed by atoms with Gasteiger partial charge in [0.15, 0.2) is 0 Å². The third kappa shape index (κ3) is 4.66. The number of hydrogen-bond donors (Lipinski definition) is 1. The molecule has 1 aromatic carbocycles. The smallest absolute Gasteiger partial charge is 0.0863 e. The molecular formula is C12H17N2PSW. The maximum Gasteiger partial charge on any atom is 0.0863 e. The third-order valence-electron chi connectivity index (χ3n) is 2.82. The number of rotatable bonds is 0. The summed E-state index contributed by atoms with van der Waals surface area (Å²) in [5.74, 6) is 0. The molecule has 5 heteroatoms. The minimum absolute atomic E-state index is 0. The van der Waals surface area contributed by atoms with Crippen molar-refractivity contribution in [2.75, 3.05) is 19.0 Å². The monoisotopic (exact) mass is 436 g/mol. The molecule has 2 nitrogen and oxygen atoms in total. The normalized spacial score (nSPS) is 15.1. The van der Waals surface area contributed by atoms with Crippen molar-refractivity contribution < 1.29 is 21.1 Å². The van der Waals surface area contributed by atoms with Crippen LogP contribution >= 0.6 is 7.92 Å². The Bertz CT molecular complexity index is 421. The molecule has 0 bridgehead atoms. The molecule has 0 unspecified atom stereocenters. The van der Waals surface area contributed by atoms with Gasteiger partial charge in [0.25, 0.3) is 0 Å². The molecule has 1 saturated heterocycles. The number of para-hydroxylation sites is 2. The van der Waals surface area contributed by atoms with Gasteiger partial charge in [0.05, 0.1) is 23.4 Å². The van der Waals surface area contributed by atoms with Crippen LogP contribution in [0.3, 0.4) is 0 Å². The number of nitrogens with zero attached hydrogens (tertiary/aromatic N) is 1. The Kier molecular flexibility index (Phi) is 6.62. The number of imidazole rings is 1. The third-order valence-corrected chi connectivity index (χ3v) is 5.43. The van der Waals surface area contributed by atoms with Gasteiger partial charge in [0, 0.05) is 27.7 Å². The van der Waals surface area contributed by atoms with E-state index in [1.807, 2.05) is 24.3 Å². The molecule has 0 aliphatic carbocycles. The van der Waals surface area contributed by atoms with Gasteiger partial charge in [0.2, 0.25) is 0 Å². The Morgan fingerprint density at radius 2 is 1.88 bits per heavy atom. The summed E-state index contributed by atoms with van der Waals surface area (Å²) in [5, 5.41) is 0.557. The van der Waals surface area contributed by atoms with Gasteiger partial charge < -0.3 is 17.6 Å². The molecule has 3 rings (SSSR count). The molecule has 1 aliphatic heterocycles. The van der Waals surface area contributed by atoms with E-state index in [9.17, 15) is 0 Å². The van der Waals surface area contributed by atoms with E-state index in [0.717, 1.165) is 11.0 Å². The molecule has 92 valence electrons. The van der Waals surface area contributed by atoms with E-state index in [0.29, 0.717) is 5.16 Å². The van der Waals surface area contributed by atoms with Crippen LogP contribution in [0.2, 0.25) is 0 Å². The number of nitrogens with one attached hydrogen (secondary N) is 1. The van der Waals surface area contributed by atoms with Crippen LogP contribution < -0.4 is 0 Å². The van der Waals surface area contributed by atoms with Crippen molar-refractivity contribution in [3.05, 3.63) is 24.3 Å². The van der Waals surface area contributed by atoms with E-state index in [1.165, 1.54) is 12.8 Å². The largest absolute Gasteiger partial charge is 0.742 e. The van der Waals surface area contributed by atoms with Crippen LogP contribution in [0.25, 0.3) is 11.0 Å². The zero-order chi connectivity index (χ0) is 11.4. The zero-order valence-corrected chi connectivity index (χ0v) is 14.7. The average molecular weight is 436 g/mol. The first-order valence-corrected chi connectivity index (χ1v) is 8.51. The fraction of sp³-hybridized carbons (Fsp3) is 0.417. The van der Waals surface area contributed by atoms with E-state index in [2.05, 4.69) is 16.6 Å². The van der Waals surface area contributed by atoms with Crippen molar-refractivity contribution in [3.8, 4) is 0 Å². The van der Waals surface area contributed by atoms with Gasteiger partial charge in [-0.05, 0) is 38.1 Å². The Balaban J connectivity index is 0.000000180. The maximum atomic E-state index is 4.85. The number of aromatic amines is 1. The number of benzene rings is 1. The van der Waals surface area contributed by atoms with E-state index < -0.39 is 0 Å². The van der Waals surface area contributed by atoms with Crippen molar-refractivity contribution in [1.29, 1.82) is 0 Å². The molecule has 1 aliphatic rings. The van der Waals surface area contributed by atoms with Gasteiger partial charge >= 0.3 is 0 Å². The van der Waals surface area contributed by atoms with Crippen LogP contribution in [-0.2, 0) is 33.7 Å². The Labute approximate surface area is 123 Å². The van der Waals surface area contributed by atoms with Crippen molar-refractivity contribution in [2.45, 2.75) is 18.0 Å². The van der Waals surface area contributed by atoms with Crippen molar-refractivity contribution >= 4 is 31.6 Å². The minimum Gasteiger partial charge on any atom is -0.742 e. The summed E-state index contributed by atoms with van der Waals surface area (Å²) in [6, 6.07) is 7.78. The second kappa shape index (κ2) is 7.46. The van der Waals surface area contributed by atoms with Crippen LogP contribution in [0.1, 0.15) is 12.8 Å². The first-order valence-electron chi connectivity index (χ1n) is 5.69. The number of hydrogen-bond acceptors (Lipinski definition) is 2. The molecule has 0 atom stereocenters.